The number of nitrogens with one attached hydrogen (secondary N) is 2. The highest BCUT2D eigenvalue weighted by Gasteiger charge is 2.29. The van der Waals surface area contributed by atoms with Crippen molar-refractivity contribution < 1.29 is 13.2 Å². The van der Waals surface area contributed by atoms with Crippen LogP contribution >= 0.6 is 0 Å². The normalized spacial score (nSPS) is 14.7. The molecule has 0 atom stereocenters. The molecule has 4 rings (SSSR count). The maximum atomic E-state index is 13.0. The van der Waals surface area contributed by atoms with Gasteiger partial charge in [-0.25, -0.2) is 13.4 Å². The second-order valence-corrected chi connectivity index (χ2v) is 9.66. The molecular weight excluding hydrogens is 442 g/mol. The van der Waals surface area contributed by atoms with Gasteiger partial charge in [0.05, 0.1) is 4.90 Å². The molecule has 2 N–H and O–H groups in total. The average molecular weight is 468 g/mol. The number of aromatic nitrogens is 3. The lowest BCUT2D eigenvalue weighted by Crippen LogP contribution is -2.49. The molecule has 0 radical (unpaired) electrons. The van der Waals surface area contributed by atoms with Gasteiger partial charge in [-0.05, 0) is 55.0 Å². The lowest BCUT2D eigenvalue weighted by atomic mass is 10.3. The number of rotatable bonds is 6. The van der Waals surface area contributed by atoms with Gasteiger partial charge in [0.2, 0.25) is 15.9 Å². The number of nitrogens with zero attached hydrogens (tertiary/aromatic N) is 5. The van der Waals surface area contributed by atoms with Crippen LogP contribution < -0.4 is 15.5 Å². The monoisotopic (exact) mass is 467 g/mol. The van der Waals surface area contributed by atoms with Crippen LogP contribution in [0.3, 0.4) is 0 Å². The number of carbonyl (C=O) groups excluding carboxylic acids is 1. The number of pyridine rings is 1. The van der Waals surface area contributed by atoms with Crippen LogP contribution in [0.1, 0.15) is 12.5 Å². The zero-order chi connectivity index (χ0) is 23.4. The summed E-state index contributed by atoms with van der Waals surface area (Å²) in [7, 11) is -3.62. The lowest BCUT2D eigenvalue weighted by molar-refractivity contribution is -0.114. The first-order chi connectivity index (χ1) is 15.8. The van der Waals surface area contributed by atoms with Gasteiger partial charge in [-0.1, -0.05) is 6.07 Å². The van der Waals surface area contributed by atoms with Crippen LogP contribution in [0.4, 0.5) is 23.1 Å². The number of sulfonamides is 1. The van der Waals surface area contributed by atoms with Crippen LogP contribution in [0.15, 0.2) is 59.6 Å². The highest BCUT2D eigenvalue weighted by Crippen LogP contribution is 2.22. The van der Waals surface area contributed by atoms with E-state index in [4.69, 9.17) is 0 Å². The molecule has 0 bridgehead atoms. The van der Waals surface area contributed by atoms with Gasteiger partial charge in [0, 0.05) is 45.0 Å². The fraction of sp³-hybridized carbons (Fsp3) is 0.273. The fourth-order valence-corrected chi connectivity index (χ4v) is 4.88. The minimum absolute atomic E-state index is 0.199. The maximum Gasteiger partial charge on any atom is 0.243 e. The molecule has 0 saturated carbocycles. The predicted octanol–water partition coefficient (Wildman–Crippen LogP) is 2.39. The minimum atomic E-state index is -3.62. The van der Waals surface area contributed by atoms with Gasteiger partial charge in [0.25, 0.3) is 0 Å². The van der Waals surface area contributed by atoms with Crippen molar-refractivity contribution in [2.24, 2.45) is 0 Å². The summed E-state index contributed by atoms with van der Waals surface area (Å²) in [5, 5.41) is 14.2. The molecule has 1 saturated heterocycles. The summed E-state index contributed by atoms with van der Waals surface area (Å²) in [5.74, 6) is 1.75. The first-order valence-electron chi connectivity index (χ1n) is 10.5. The molecule has 33 heavy (non-hydrogen) atoms. The molecule has 1 aromatic carbocycles. The number of anilines is 4. The van der Waals surface area contributed by atoms with Gasteiger partial charge in [-0.2, -0.15) is 4.31 Å². The molecule has 0 spiro atoms. The molecule has 2 aromatic heterocycles. The third-order valence-electron chi connectivity index (χ3n) is 5.19. The fourth-order valence-electron chi connectivity index (χ4n) is 3.45. The van der Waals surface area contributed by atoms with E-state index >= 15 is 0 Å². The van der Waals surface area contributed by atoms with Crippen LogP contribution in [-0.4, -0.2) is 60.0 Å². The van der Waals surface area contributed by atoms with E-state index in [1.165, 1.54) is 23.4 Å². The number of amides is 1. The second-order valence-electron chi connectivity index (χ2n) is 7.72. The lowest BCUT2D eigenvalue weighted by Gasteiger charge is -2.34. The van der Waals surface area contributed by atoms with Crippen molar-refractivity contribution in [2.75, 3.05) is 41.7 Å². The van der Waals surface area contributed by atoms with E-state index in [0.717, 1.165) is 5.56 Å². The zero-order valence-corrected chi connectivity index (χ0v) is 19.2. The SMILES string of the molecule is CC(=O)Nc1ccc(S(=O)(=O)N2CCN(c3ccc(Nc4ccc(C)cn4)nn3)CC2)cc1. The van der Waals surface area contributed by atoms with Crippen molar-refractivity contribution >= 4 is 39.1 Å². The molecule has 0 aliphatic carbocycles. The van der Waals surface area contributed by atoms with Crippen molar-refractivity contribution in [2.45, 2.75) is 18.7 Å². The molecule has 3 heterocycles. The predicted molar refractivity (Wildman–Crippen MR) is 126 cm³/mol. The number of carbonyl (C=O) groups is 1. The summed E-state index contributed by atoms with van der Waals surface area (Å²) in [5.41, 5.74) is 1.63. The molecule has 11 heteroatoms. The molecule has 3 aromatic rings. The molecule has 1 fully saturated rings. The Morgan fingerprint density at radius 1 is 0.909 bits per heavy atom. The van der Waals surface area contributed by atoms with Crippen molar-refractivity contribution in [3.8, 4) is 0 Å². The van der Waals surface area contributed by atoms with E-state index in [-0.39, 0.29) is 10.8 Å². The maximum absolute atomic E-state index is 13.0. The van der Waals surface area contributed by atoms with E-state index in [1.807, 2.05) is 36.1 Å². The van der Waals surface area contributed by atoms with Gasteiger partial charge in [0.1, 0.15) is 5.82 Å². The number of piperazine rings is 1. The van der Waals surface area contributed by atoms with Crippen molar-refractivity contribution in [1.82, 2.24) is 19.5 Å². The number of hydrogen-bond donors (Lipinski definition) is 2. The molecule has 1 aliphatic heterocycles. The van der Waals surface area contributed by atoms with Crippen molar-refractivity contribution in [3.05, 3.63) is 60.3 Å². The highest BCUT2D eigenvalue weighted by atomic mass is 32.2. The third kappa shape index (κ3) is 5.44. The summed E-state index contributed by atoms with van der Waals surface area (Å²) >= 11 is 0. The van der Waals surface area contributed by atoms with E-state index in [2.05, 4.69) is 25.8 Å². The summed E-state index contributed by atoms with van der Waals surface area (Å²) < 4.78 is 27.4. The number of hydrogen-bond acceptors (Lipinski definition) is 8. The van der Waals surface area contributed by atoms with E-state index in [0.29, 0.717) is 49.3 Å². The van der Waals surface area contributed by atoms with Gasteiger partial charge in [-0.15, -0.1) is 10.2 Å². The largest absolute Gasteiger partial charge is 0.352 e. The second kappa shape index (κ2) is 9.51. The molecule has 10 nitrogen and oxygen atoms in total. The Morgan fingerprint density at radius 2 is 1.61 bits per heavy atom. The summed E-state index contributed by atoms with van der Waals surface area (Å²) in [6, 6.07) is 13.7. The van der Waals surface area contributed by atoms with Gasteiger partial charge in [-0.3, -0.25) is 4.79 Å². The van der Waals surface area contributed by atoms with Crippen LogP contribution in [0.5, 0.6) is 0 Å². The minimum Gasteiger partial charge on any atom is -0.352 e. The Balaban J connectivity index is 1.36. The summed E-state index contributed by atoms with van der Waals surface area (Å²) in [4.78, 5) is 17.6. The first kappa shape index (κ1) is 22.6. The third-order valence-corrected chi connectivity index (χ3v) is 7.11. The van der Waals surface area contributed by atoms with E-state index in [9.17, 15) is 13.2 Å². The van der Waals surface area contributed by atoms with Crippen LogP contribution in [0, 0.1) is 6.92 Å². The quantitative estimate of drug-likeness (QED) is 0.567. The molecule has 1 amide bonds. The molecule has 1 aliphatic rings. The average Bonchev–Trinajstić information content (AvgIpc) is 2.81. The topological polar surface area (TPSA) is 120 Å². The Labute approximate surface area is 192 Å². The number of benzene rings is 1. The van der Waals surface area contributed by atoms with Gasteiger partial charge >= 0.3 is 0 Å². The Hall–Kier alpha value is -3.57. The number of aryl methyl sites for hydroxylation is 1. The van der Waals surface area contributed by atoms with Crippen LogP contribution in [0.25, 0.3) is 0 Å². The summed E-state index contributed by atoms with van der Waals surface area (Å²) in [6.07, 6.45) is 1.77. The van der Waals surface area contributed by atoms with E-state index < -0.39 is 10.0 Å². The van der Waals surface area contributed by atoms with E-state index in [1.54, 1.807) is 18.3 Å². The molecular formula is C22H25N7O3S. The Kier molecular flexibility index (Phi) is 6.52. The van der Waals surface area contributed by atoms with Crippen LogP contribution in [0.2, 0.25) is 0 Å². The highest BCUT2D eigenvalue weighted by molar-refractivity contribution is 7.89. The van der Waals surface area contributed by atoms with Crippen LogP contribution in [-0.2, 0) is 14.8 Å². The smallest absolute Gasteiger partial charge is 0.243 e. The van der Waals surface area contributed by atoms with Gasteiger partial charge < -0.3 is 15.5 Å². The summed E-state index contributed by atoms with van der Waals surface area (Å²) in [6.45, 7) is 5.06. The Morgan fingerprint density at radius 3 is 2.18 bits per heavy atom. The molecule has 0 unspecified atom stereocenters. The van der Waals surface area contributed by atoms with Crippen molar-refractivity contribution in [3.63, 3.8) is 0 Å². The Bertz CT molecular complexity index is 1210. The standard InChI is InChI=1S/C22H25N7O3S/c1-16-3-8-20(23-15-16)25-21-9-10-22(27-26-21)28-11-13-29(14-12-28)33(31,32)19-6-4-18(5-7-19)24-17(2)30/h3-10,15H,11-14H2,1-2H3,(H,24,30)(H,23,25,26). The van der Waals surface area contributed by atoms with Crippen molar-refractivity contribution in [1.29, 1.82) is 0 Å². The zero-order valence-electron chi connectivity index (χ0n) is 18.4. The first-order valence-corrected chi connectivity index (χ1v) is 11.9. The van der Waals surface area contributed by atoms with Gasteiger partial charge in [0.15, 0.2) is 11.6 Å². The molecule has 172 valence electrons.